The molecule has 3 aliphatic rings. The normalized spacial score (nSPS) is 17.6. The molecule has 0 spiro atoms. The number of imide groups is 2. The monoisotopic (exact) mass is 748 g/mol. The van der Waals surface area contributed by atoms with Gasteiger partial charge in [0, 0.05) is 68.6 Å². The lowest BCUT2D eigenvalue weighted by Crippen LogP contribution is -2.54. The fraction of sp³-hybridized carbons (Fsp3) is 0.325. The van der Waals surface area contributed by atoms with E-state index in [9.17, 15) is 38.7 Å². The summed E-state index contributed by atoms with van der Waals surface area (Å²) in [7, 11) is 0. The molecule has 15 nitrogen and oxygen atoms in total. The van der Waals surface area contributed by atoms with Crippen molar-refractivity contribution in [2.75, 3.05) is 48.3 Å². The number of anilines is 3. The van der Waals surface area contributed by atoms with Gasteiger partial charge in [-0.1, -0.05) is 18.2 Å². The van der Waals surface area contributed by atoms with Crippen LogP contribution in [0.1, 0.15) is 80.8 Å². The van der Waals surface area contributed by atoms with Crippen molar-refractivity contribution in [1.82, 2.24) is 15.1 Å². The van der Waals surface area contributed by atoms with E-state index in [0.29, 0.717) is 72.9 Å². The molecule has 3 aliphatic heterocycles. The predicted octanol–water partition coefficient (Wildman–Crippen LogP) is 3.91. The number of benzene rings is 3. The Labute approximate surface area is 315 Å². The van der Waals surface area contributed by atoms with Crippen molar-refractivity contribution in [1.29, 1.82) is 0 Å². The number of piperidine rings is 1. The highest BCUT2D eigenvalue weighted by Crippen LogP contribution is 2.32. The summed E-state index contributed by atoms with van der Waals surface area (Å²) in [6, 6.07) is 15.1. The Bertz CT molecular complexity index is 2310. The number of carboxylic acid groups (broad SMARTS) is 1. The van der Waals surface area contributed by atoms with E-state index in [1.165, 1.54) is 18.2 Å². The van der Waals surface area contributed by atoms with E-state index < -0.39 is 41.7 Å². The average Bonchev–Trinajstić information content (AvgIpc) is 3.41. The van der Waals surface area contributed by atoms with E-state index in [1.54, 1.807) is 41.3 Å². The number of hydrogen-bond donors (Lipinski definition) is 4. The fourth-order valence-electron chi connectivity index (χ4n) is 7.39. The number of amides is 5. The van der Waals surface area contributed by atoms with Gasteiger partial charge in [0.2, 0.25) is 17.7 Å². The van der Waals surface area contributed by atoms with E-state index in [4.69, 9.17) is 4.42 Å². The van der Waals surface area contributed by atoms with Crippen LogP contribution in [0.2, 0.25) is 0 Å². The Morgan fingerprint density at radius 2 is 1.69 bits per heavy atom. The molecule has 1 unspecified atom stereocenters. The van der Waals surface area contributed by atoms with Crippen LogP contribution in [0.5, 0.6) is 0 Å². The number of nitrogens with zero attached hydrogens (tertiary/aromatic N) is 3. The van der Waals surface area contributed by atoms with Crippen molar-refractivity contribution in [3.05, 3.63) is 98.7 Å². The van der Waals surface area contributed by atoms with Crippen molar-refractivity contribution >= 4 is 63.7 Å². The minimum Gasteiger partial charge on any atom is -0.478 e. The van der Waals surface area contributed by atoms with Gasteiger partial charge in [-0.05, 0) is 68.7 Å². The summed E-state index contributed by atoms with van der Waals surface area (Å²) < 4.78 is 6.39. The molecule has 5 amide bonds. The maximum absolute atomic E-state index is 13.4. The van der Waals surface area contributed by atoms with Gasteiger partial charge in [0.1, 0.15) is 11.6 Å². The number of carbonyl (C=O) groups excluding carboxylic acids is 5. The fourth-order valence-corrected chi connectivity index (χ4v) is 7.39. The minimum absolute atomic E-state index is 0.0182. The Morgan fingerprint density at radius 3 is 2.44 bits per heavy atom. The Balaban J connectivity index is 0.937. The summed E-state index contributed by atoms with van der Waals surface area (Å²) in [5.74, 6) is -2.93. The number of hydrogen-bond acceptors (Lipinski definition) is 11. The number of carbonyl (C=O) groups is 6. The summed E-state index contributed by atoms with van der Waals surface area (Å²) in [5, 5.41) is 18.7. The Kier molecular flexibility index (Phi) is 10.1. The molecule has 284 valence electrons. The van der Waals surface area contributed by atoms with Crippen LogP contribution in [-0.4, -0.2) is 89.2 Å². The molecule has 1 aromatic heterocycles. The van der Waals surface area contributed by atoms with Crippen molar-refractivity contribution in [2.45, 2.75) is 51.6 Å². The third-order valence-corrected chi connectivity index (χ3v) is 10.3. The maximum Gasteiger partial charge on any atom is 0.337 e. The molecular weight excluding hydrogens is 708 g/mol. The second kappa shape index (κ2) is 15.1. The molecule has 0 aliphatic carbocycles. The van der Waals surface area contributed by atoms with Gasteiger partial charge in [-0.25, -0.2) is 4.79 Å². The summed E-state index contributed by atoms with van der Waals surface area (Å²) in [6.45, 7) is 5.98. The summed E-state index contributed by atoms with van der Waals surface area (Å²) >= 11 is 0. The van der Waals surface area contributed by atoms with Crippen molar-refractivity contribution < 1.29 is 38.3 Å². The number of carboxylic acids is 1. The topological polar surface area (TPSA) is 199 Å². The van der Waals surface area contributed by atoms with Crippen LogP contribution in [0.15, 0.2) is 69.9 Å². The molecule has 2 saturated heterocycles. The van der Waals surface area contributed by atoms with Crippen LogP contribution in [-0.2, 0) is 14.4 Å². The van der Waals surface area contributed by atoms with Gasteiger partial charge in [0.05, 0.1) is 28.1 Å². The number of aromatic carboxylic acids is 1. The molecule has 4 N–H and O–H groups in total. The zero-order valence-corrected chi connectivity index (χ0v) is 30.3. The van der Waals surface area contributed by atoms with Crippen LogP contribution in [0.25, 0.3) is 11.0 Å². The van der Waals surface area contributed by atoms with Gasteiger partial charge in [-0.15, -0.1) is 0 Å². The molecule has 0 radical (unpaired) electrons. The van der Waals surface area contributed by atoms with Crippen LogP contribution in [0.3, 0.4) is 0 Å². The molecule has 2 fully saturated rings. The lowest BCUT2D eigenvalue weighted by atomic mass is 10.0. The second-order valence-corrected chi connectivity index (χ2v) is 14.0. The van der Waals surface area contributed by atoms with Crippen LogP contribution in [0, 0.1) is 6.92 Å². The van der Waals surface area contributed by atoms with Crippen molar-refractivity contribution in [3.63, 3.8) is 0 Å². The molecule has 4 heterocycles. The highest BCUT2D eigenvalue weighted by Gasteiger charge is 2.44. The first-order valence-corrected chi connectivity index (χ1v) is 18.2. The van der Waals surface area contributed by atoms with Crippen molar-refractivity contribution in [3.8, 4) is 0 Å². The predicted molar refractivity (Wildman–Crippen MR) is 202 cm³/mol. The smallest absolute Gasteiger partial charge is 0.337 e. The Hall–Kier alpha value is -6.51. The van der Waals surface area contributed by atoms with E-state index in [1.807, 2.05) is 24.8 Å². The molecular formula is C40H40N6O9. The highest BCUT2D eigenvalue weighted by molar-refractivity contribution is 6.23. The number of aryl methyl sites for hydroxylation is 1. The first kappa shape index (κ1) is 36.8. The molecule has 0 bridgehead atoms. The number of rotatable bonds is 11. The molecule has 15 heteroatoms. The first-order chi connectivity index (χ1) is 26.4. The molecule has 4 aromatic rings. The maximum atomic E-state index is 13.4. The largest absolute Gasteiger partial charge is 0.478 e. The summed E-state index contributed by atoms with van der Waals surface area (Å²) in [6.07, 6.45) is 0.914. The average molecular weight is 749 g/mol. The zero-order valence-electron chi connectivity index (χ0n) is 30.3. The summed E-state index contributed by atoms with van der Waals surface area (Å²) in [4.78, 5) is 92.9. The first-order valence-electron chi connectivity index (χ1n) is 18.2. The van der Waals surface area contributed by atoms with Gasteiger partial charge < -0.3 is 30.0 Å². The lowest BCUT2D eigenvalue weighted by molar-refractivity contribution is -0.136. The molecule has 2 atom stereocenters. The zero-order chi connectivity index (χ0) is 39.0. The lowest BCUT2D eigenvalue weighted by Gasteiger charge is -2.35. The third kappa shape index (κ3) is 7.37. The van der Waals surface area contributed by atoms with E-state index in [0.717, 1.165) is 10.5 Å². The minimum atomic E-state index is -1.05. The van der Waals surface area contributed by atoms with E-state index >= 15 is 0 Å². The third-order valence-electron chi connectivity index (χ3n) is 10.3. The quantitative estimate of drug-likeness (QED) is 0.128. The van der Waals surface area contributed by atoms with E-state index in [-0.39, 0.29) is 47.3 Å². The van der Waals surface area contributed by atoms with Gasteiger partial charge in [0.15, 0.2) is 11.3 Å². The van der Waals surface area contributed by atoms with Crippen molar-refractivity contribution in [2.24, 2.45) is 0 Å². The van der Waals surface area contributed by atoms with Gasteiger partial charge in [0.25, 0.3) is 11.8 Å². The Morgan fingerprint density at radius 1 is 0.945 bits per heavy atom. The standard InChI is InChI=1S/C40H40N6O9/c1-22-18-27(23(2)42-30-7-4-3-6-26(30)40(53)54)36-29(19-22)32(47)21-35(55-36)45-16-14-44(15-17-45)34(49)8-5-13-41-24-9-10-25-28(20-24)39(52)46(38(25)51)31-11-12-33(48)43-37(31)50/h3-4,6-7,9-10,18-21,23,31,41-42H,5,8,11-17H2,1-2H3,(H,53,54)(H,43,48,50)/t23-,31?/m1/s1. The van der Waals surface area contributed by atoms with Crippen LogP contribution >= 0.6 is 0 Å². The molecule has 7 rings (SSSR count). The molecule has 0 saturated carbocycles. The van der Waals surface area contributed by atoms with Gasteiger partial charge in [-0.3, -0.25) is 39.0 Å². The number of nitrogens with one attached hydrogen (secondary N) is 3. The van der Waals surface area contributed by atoms with E-state index in [2.05, 4.69) is 16.0 Å². The van der Waals surface area contributed by atoms with Gasteiger partial charge >= 0.3 is 5.97 Å². The van der Waals surface area contributed by atoms with Gasteiger partial charge in [-0.2, -0.15) is 0 Å². The van der Waals surface area contributed by atoms with Crippen LogP contribution < -0.4 is 26.3 Å². The summed E-state index contributed by atoms with van der Waals surface area (Å²) in [5.41, 5.74) is 3.34. The highest BCUT2D eigenvalue weighted by atomic mass is 16.4. The molecule has 3 aromatic carbocycles. The second-order valence-electron chi connectivity index (χ2n) is 14.0. The number of para-hydroxylation sites is 1. The van der Waals surface area contributed by atoms with Crippen LogP contribution in [0.4, 0.5) is 17.3 Å². The number of piperazine rings is 1. The number of fused-ring (bicyclic) bond motifs is 2. The SMILES string of the molecule is Cc1cc([C@@H](C)Nc2ccccc2C(=O)O)c2oc(N3CCN(C(=O)CCCNc4ccc5c(c4)C(=O)N(C4CCC(=O)NC4=O)C5=O)CC3)cc(=O)c2c1. The molecule has 55 heavy (non-hydrogen) atoms.